The summed E-state index contributed by atoms with van der Waals surface area (Å²) >= 11 is 1.38. The van der Waals surface area contributed by atoms with Crippen LogP contribution in [0.15, 0.2) is 41.9 Å². The third-order valence-corrected chi connectivity index (χ3v) is 4.33. The monoisotopic (exact) mass is 327 g/mol. The fraction of sp³-hybridized carbons (Fsp3) is 0.125. The summed E-state index contributed by atoms with van der Waals surface area (Å²) in [7, 11) is 1.83. The number of benzene rings is 1. The number of hydrogen-bond acceptors (Lipinski definition) is 5. The van der Waals surface area contributed by atoms with Crippen molar-refractivity contribution >= 4 is 22.4 Å². The van der Waals surface area contributed by atoms with Crippen LogP contribution < -0.4 is 14.8 Å². The summed E-state index contributed by atoms with van der Waals surface area (Å²) in [5.41, 5.74) is 2.30. The number of hydrogen-bond donors (Lipinski definition) is 1. The minimum absolute atomic E-state index is 0.177. The highest BCUT2D eigenvalue weighted by atomic mass is 32.1. The molecule has 0 fully saturated rings. The zero-order chi connectivity index (χ0) is 15.8. The number of fused-ring (bicyclic) bond motifs is 1. The third-order valence-electron chi connectivity index (χ3n) is 3.57. The number of aromatic nitrogens is 2. The van der Waals surface area contributed by atoms with Crippen LogP contribution in [0.2, 0.25) is 0 Å². The molecule has 1 aliphatic rings. The van der Waals surface area contributed by atoms with Crippen molar-refractivity contribution in [2.75, 3.05) is 12.1 Å². The predicted octanol–water partition coefficient (Wildman–Crippen LogP) is 3.13. The lowest BCUT2D eigenvalue weighted by Gasteiger charge is -2.03. The van der Waals surface area contributed by atoms with Crippen molar-refractivity contribution in [2.45, 2.75) is 0 Å². The highest BCUT2D eigenvalue weighted by Gasteiger charge is 2.16. The number of ether oxygens (including phenoxy) is 2. The fourth-order valence-corrected chi connectivity index (χ4v) is 3.09. The van der Waals surface area contributed by atoms with E-state index in [1.165, 1.54) is 11.3 Å². The first-order valence-corrected chi connectivity index (χ1v) is 7.87. The molecule has 0 unspecified atom stereocenters. The van der Waals surface area contributed by atoms with Gasteiger partial charge in [0.15, 0.2) is 16.6 Å². The Hall–Kier alpha value is -2.80. The van der Waals surface area contributed by atoms with Crippen LogP contribution in [0.4, 0.5) is 5.13 Å². The van der Waals surface area contributed by atoms with Gasteiger partial charge in [0.05, 0.1) is 5.69 Å². The number of aryl methyl sites for hydroxylation is 1. The summed E-state index contributed by atoms with van der Waals surface area (Å²) in [6.07, 6.45) is 1.83. The lowest BCUT2D eigenvalue weighted by atomic mass is 10.1. The van der Waals surface area contributed by atoms with Crippen LogP contribution in [0.1, 0.15) is 10.5 Å². The average molecular weight is 327 g/mol. The summed E-state index contributed by atoms with van der Waals surface area (Å²) < 4.78 is 12.4. The molecule has 0 aliphatic carbocycles. The number of amides is 1. The van der Waals surface area contributed by atoms with E-state index in [4.69, 9.17) is 9.47 Å². The van der Waals surface area contributed by atoms with Crippen LogP contribution in [0.25, 0.3) is 11.3 Å². The molecule has 116 valence electrons. The second kappa shape index (κ2) is 5.44. The van der Waals surface area contributed by atoms with Gasteiger partial charge in [-0.15, -0.1) is 11.3 Å². The summed E-state index contributed by atoms with van der Waals surface area (Å²) in [5.74, 6) is 1.27. The Morgan fingerprint density at radius 1 is 1.30 bits per heavy atom. The Morgan fingerprint density at radius 3 is 3.00 bits per heavy atom. The van der Waals surface area contributed by atoms with Crippen molar-refractivity contribution in [3.05, 3.63) is 47.6 Å². The second-order valence-electron chi connectivity index (χ2n) is 5.06. The number of anilines is 1. The van der Waals surface area contributed by atoms with Crippen molar-refractivity contribution in [3.8, 4) is 22.8 Å². The largest absolute Gasteiger partial charge is 0.454 e. The molecule has 7 heteroatoms. The molecule has 0 spiro atoms. The van der Waals surface area contributed by atoms with Gasteiger partial charge in [-0.05, 0) is 30.3 Å². The SMILES string of the molecule is Cn1cccc1C(=O)Nc1nc(-c2ccc3c(c2)OCO3)cs1. The van der Waals surface area contributed by atoms with Crippen LogP contribution in [-0.4, -0.2) is 22.3 Å². The molecule has 0 atom stereocenters. The first-order valence-electron chi connectivity index (χ1n) is 6.99. The predicted molar refractivity (Wildman–Crippen MR) is 87.0 cm³/mol. The normalized spacial score (nSPS) is 12.4. The van der Waals surface area contributed by atoms with Crippen molar-refractivity contribution in [1.82, 2.24) is 9.55 Å². The van der Waals surface area contributed by atoms with Crippen LogP contribution in [0.5, 0.6) is 11.5 Å². The minimum atomic E-state index is -0.177. The molecule has 0 radical (unpaired) electrons. The molecule has 0 bridgehead atoms. The van der Waals surface area contributed by atoms with Gasteiger partial charge in [-0.3, -0.25) is 10.1 Å². The van der Waals surface area contributed by atoms with E-state index >= 15 is 0 Å². The molecular weight excluding hydrogens is 314 g/mol. The molecule has 3 aromatic rings. The van der Waals surface area contributed by atoms with Crippen LogP contribution in [0.3, 0.4) is 0 Å². The summed E-state index contributed by atoms with van der Waals surface area (Å²) in [4.78, 5) is 16.7. The molecule has 0 saturated heterocycles. The lowest BCUT2D eigenvalue weighted by molar-refractivity contribution is 0.101. The number of thiazole rings is 1. The van der Waals surface area contributed by atoms with E-state index in [9.17, 15) is 4.79 Å². The molecule has 1 aromatic carbocycles. The standard InChI is InChI=1S/C16H13N3O3S/c1-19-6-2-3-12(19)15(20)18-16-17-11(8-23-16)10-4-5-13-14(7-10)22-9-21-13/h2-8H,9H2,1H3,(H,17,18,20). The fourth-order valence-electron chi connectivity index (χ4n) is 2.38. The summed E-state index contributed by atoms with van der Waals surface area (Å²) in [6.45, 7) is 0.244. The number of carbonyl (C=O) groups excluding carboxylic acids is 1. The van der Waals surface area contributed by atoms with Crippen molar-refractivity contribution in [1.29, 1.82) is 0 Å². The van der Waals surface area contributed by atoms with Gasteiger partial charge < -0.3 is 14.0 Å². The van der Waals surface area contributed by atoms with E-state index in [0.717, 1.165) is 17.0 Å². The number of rotatable bonds is 3. The van der Waals surface area contributed by atoms with Gasteiger partial charge in [0.25, 0.3) is 5.91 Å². The van der Waals surface area contributed by atoms with E-state index in [2.05, 4.69) is 10.3 Å². The van der Waals surface area contributed by atoms with Gasteiger partial charge in [-0.25, -0.2) is 4.98 Å². The Labute approximate surface area is 136 Å². The first-order chi connectivity index (χ1) is 11.2. The summed E-state index contributed by atoms with van der Waals surface area (Å²) in [6, 6.07) is 9.27. The van der Waals surface area contributed by atoms with Crippen LogP contribution in [-0.2, 0) is 7.05 Å². The van der Waals surface area contributed by atoms with Crippen LogP contribution >= 0.6 is 11.3 Å². The third kappa shape index (κ3) is 2.55. The van der Waals surface area contributed by atoms with Gasteiger partial charge >= 0.3 is 0 Å². The van der Waals surface area contributed by atoms with E-state index in [-0.39, 0.29) is 12.7 Å². The van der Waals surface area contributed by atoms with Crippen molar-refractivity contribution in [3.63, 3.8) is 0 Å². The molecule has 3 heterocycles. The maximum Gasteiger partial charge on any atom is 0.274 e. The Bertz CT molecular complexity index is 884. The van der Waals surface area contributed by atoms with E-state index in [1.54, 1.807) is 10.6 Å². The molecule has 6 nitrogen and oxygen atoms in total. The van der Waals surface area contributed by atoms with Gasteiger partial charge in [0.1, 0.15) is 5.69 Å². The zero-order valence-electron chi connectivity index (χ0n) is 12.3. The Balaban J connectivity index is 1.55. The maximum absolute atomic E-state index is 12.2. The van der Waals surface area contributed by atoms with E-state index in [0.29, 0.717) is 16.6 Å². The molecule has 2 aromatic heterocycles. The van der Waals surface area contributed by atoms with Crippen LogP contribution in [0, 0.1) is 0 Å². The summed E-state index contributed by atoms with van der Waals surface area (Å²) in [5, 5.41) is 5.28. The number of carbonyl (C=O) groups is 1. The highest BCUT2D eigenvalue weighted by molar-refractivity contribution is 7.14. The molecule has 4 rings (SSSR count). The minimum Gasteiger partial charge on any atom is -0.454 e. The molecular formula is C16H13N3O3S. The topological polar surface area (TPSA) is 65.4 Å². The highest BCUT2D eigenvalue weighted by Crippen LogP contribution is 2.36. The molecule has 23 heavy (non-hydrogen) atoms. The average Bonchev–Trinajstić information content (AvgIpc) is 3.26. The van der Waals surface area contributed by atoms with Gasteiger partial charge in [-0.1, -0.05) is 0 Å². The quantitative estimate of drug-likeness (QED) is 0.803. The van der Waals surface area contributed by atoms with Crippen molar-refractivity contribution < 1.29 is 14.3 Å². The maximum atomic E-state index is 12.2. The van der Waals surface area contributed by atoms with E-state index < -0.39 is 0 Å². The van der Waals surface area contributed by atoms with Gasteiger partial charge in [0, 0.05) is 24.2 Å². The van der Waals surface area contributed by atoms with Crippen molar-refractivity contribution in [2.24, 2.45) is 7.05 Å². The molecule has 1 amide bonds. The van der Waals surface area contributed by atoms with Gasteiger partial charge in [0.2, 0.25) is 6.79 Å². The molecule has 1 N–H and O–H groups in total. The first kappa shape index (κ1) is 13.8. The molecule has 0 saturated carbocycles. The zero-order valence-corrected chi connectivity index (χ0v) is 13.1. The molecule has 1 aliphatic heterocycles. The smallest absolute Gasteiger partial charge is 0.274 e. The number of nitrogens with zero attached hydrogens (tertiary/aromatic N) is 2. The second-order valence-corrected chi connectivity index (χ2v) is 5.92. The lowest BCUT2D eigenvalue weighted by Crippen LogP contribution is -2.15. The van der Waals surface area contributed by atoms with E-state index in [1.807, 2.05) is 42.9 Å². The number of nitrogens with one attached hydrogen (secondary N) is 1. The Morgan fingerprint density at radius 2 is 2.17 bits per heavy atom. The van der Waals surface area contributed by atoms with Gasteiger partial charge in [-0.2, -0.15) is 0 Å². The Kier molecular flexibility index (Phi) is 3.27.